The molecule has 1 aliphatic carbocycles. The summed E-state index contributed by atoms with van der Waals surface area (Å²) in [5.74, 6) is 1.33. The number of aromatic nitrogens is 3. The number of piperazine rings is 1. The average molecular weight is 329 g/mol. The van der Waals surface area contributed by atoms with Gasteiger partial charge in [0.05, 0.1) is 0 Å². The van der Waals surface area contributed by atoms with Crippen LogP contribution in [0.4, 0.5) is 5.95 Å². The lowest BCUT2D eigenvalue weighted by molar-refractivity contribution is 0.245. The van der Waals surface area contributed by atoms with E-state index < -0.39 is 0 Å². The van der Waals surface area contributed by atoms with E-state index in [4.69, 9.17) is 0 Å². The Morgan fingerprint density at radius 1 is 0.875 bits per heavy atom. The summed E-state index contributed by atoms with van der Waals surface area (Å²) in [6.45, 7) is 5.45. The molecular weight excluding hydrogens is 306 g/mol. The Balaban J connectivity index is 1.26. The van der Waals surface area contributed by atoms with Crippen molar-refractivity contribution in [2.45, 2.75) is 25.8 Å². The maximum Gasteiger partial charge on any atom is 0.225 e. The lowest BCUT2D eigenvalue weighted by Gasteiger charge is -2.34. The van der Waals surface area contributed by atoms with Crippen LogP contribution in [0.5, 0.6) is 11.8 Å². The highest BCUT2D eigenvalue weighted by Crippen LogP contribution is 2.41. The molecule has 0 saturated carbocycles. The van der Waals surface area contributed by atoms with E-state index in [9.17, 15) is 10.2 Å². The second-order valence-electron chi connectivity index (χ2n) is 6.49. The van der Waals surface area contributed by atoms with Gasteiger partial charge in [0.25, 0.3) is 0 Å². The van der Waals surface area contributed by atoms with Gasteiger partial charge in [0.15, 0.2) is 11.8 Å². The van der Waals surface area contributed by atoms with Crippen molar-refractivity contribution in [1.82, 2.24) is 19.4 Å². The molecule has 4 rings (SSSR count). The first-order valence-electron chi connectivity index (χ1n) is 8.60. The van der Waals surface area contributed by atoms with Crippen LogP contribution >= 0.6 is 0 Å². The Morgan fingerprint density at radius 2 is 1.50 bits per heavy atom. The predicted octanol–water partition coefficient (Wildman–Crippen LogP) is 1.00. The minimum atomic E-state index is 0.264. The molecule has 7 nitrogen and oxygen atoms in total. The van der Waals surface area contributed by atoms with Gasteiger partial charge < -0.3 is 15.1 Å². The monoisotopic (exact) mass is 329 g/mol. The van der Waals surface area contributed by atoms with Crippen LogP contribution in [0.15, 0.2) is 18.5 Å². The van der Waals surface area contributed by atoms with E-state index in [0.717, 1.165) is 69.1 Å². The van der Waals surface area contributed by atoms with Crippen LogP contribution in [0.1, 0.15) is 17.5 Å². The third kappa shape index (κ3) is 2.69. The van der Waals surface area contributed by atoms with Crippen molar-refractivity contribution in [2.24, 2.45) is 0 Å². The normalized spacial score (nSPS) is 17.6. The summed E-state index contributed by atoms with van der Waals surface area (Å²) >= 11 is 0. The van der Waals surface area contributed by atoms with Crippen LogP contribution in [-0.2, 0) is 19.4 Å². The van der Waals surface area contributed by atoms with E-state index in [1.807, 2.05) is 6.07 Å². The van der Waals surface area contributed by atoms with E-state index >= 15 is 0 Å². The summed E-state index contributed by atoms with van der Waals surface area (Å²) in [4.78, 5) is 13.2. The number of rotatable bonds is 5. The van der Waals surface area contributed by atoms with Gasteiger partial charge in [-0.1, -0.05) is 0 Å². The number of aromatic hydroxyl groups is 2. The SMILES string of the molecule is Oc1c2c(c(O)n1CCCN1CCN(c3ncccn3)CC1)CC2. The molecule has 1 saturated heterocycles. The van der Waals surface area contributed by atoms with Crippen LogP contribution in [0.3, 0.4) is 0 Å². The first-order valence-corrected chi connectivity index (χ1v) is 8.60. The third-order valence-electron chi connectivity index (χ3n) is 5.10. The van der Waals surface area contributed by atoms with E-state index in [1.165, 1.54) is 0 Å². The van der Waals surface area contributed by atoms with Crippen molar-refractivity contribution in [1.29, 1.82) is 0 Å². The maximum absolute atomic E-state index is 10.1. The fourth-order valence-electron chi connectivity index (χ4n) is 3.58. The van der Waals surface area contributed by atoms with Gasteiger partial charge in [0, 0.05) is 56.2 Å². The summed E-state index contributed by atoms with van der Waals surface area (Å²) in [5.41, 5.74) is 1.87. The molecule has 0 atom stereocenters. The zero-order valence-corrected chi connectivity index (χ0v) is 13.7. The molecule has 0 amide bonds. The van der Waals surface area contributed by atoms with Gasteiger partial charge in [-0.2, -0.15) is 0 Å². The maximum atomic E-state index is 10.1. The molecule has 2 aromatic rings. The minimum Gasteiger partial charge on any atom is -0.494 e. The Labute approximate surface area is 141 Å². The first-order chi connectivity index (χ1) is 11.7. The Kier molecular flexibility index (Phi) is 4.02. The highest BCUT2D eigenvalue weighted by atomic mass is 16.3. The molecule has 0 unspecified atom stereocenters. The smallest absolute Gasteiger partial charge is 0.225 e. The molecule has 2 aromatic heterocycles. The molecule has 1 aliphatic heterocycles. The van der Waals surface area contributed by atoms with Crippen molar-refractivity contribution in [3.8, 4) is 11.8 Å². The summed E-state index contributed by atoms with van der Waals surface area (Å²) in [6, 6.07) is 1.83. The van der Waals surface area contributed by atoms with Crippen molar-refractivity contribution in [3.63, 3.8) is 0 Å². The predicted molar refractivity (Wildman–Crippen MR) is 90.5 cm³/mol. The van der Waals surface area contributed by atoms with E-state index in [1.54, 1.807) is 17.0 Å². The molecule has 0 bridgehead atoms. The first kappa shape index (κ1) is 15.3. The standard InChI is InChI=1S/C17H23N5O2/c23-15-13-3-4-14(13)16(24)22(15)8-2-7-20-9-11-21(12-10-20)17-18-5-1-6-19-17/h1,5-6,23-24H,2-4,7-12H2. The van der Waals surface area contributed by atoms with Crippen LogP contribution in [0.2, 0.25) is 0 Å². The molecule has 0 spiro atoms. The molecule has 3 heterocycles. The highest BCUT2D eigenvalue weighted by Gasteiger charge is 2.28. The molecule has 1 fully saturated rings. The van der Waals surface area contributed by atoms with Crippen LogP contribution < -0.4 is 4.90 Å². The fraction of sp³-hybridized carbons (Fsp3) is 0.529. The van der Waals surface area contributed by atoms with E-state index in [0.29, 0.717) is 6.54 Å². The second-order valence-corrected chi connectivity index (χ2v) is 6.49. The number of nitrogens with zero attached hydrogens (tertiary/aromatic N) is 5. The number of fused-ring (bicyclic) bond motifs is 1. The van der Waals surface area contributed by atoms with Crippen LogP contribution in [0, 0.1) is 0 Å². The second kappa shape index (κ2) is 6.32. The van der Waals surface area contributed by atoms with Gasteiger partial charge in [-0.3, -0.25) is 9.47 Å². The zero-order valence-electron chi connectivity index (χ0n) is 13.7. The van der Waals surface area contributed by atoms with Crippen molar-refractivity contribution < 1.29 is 10.2 Å². The average Bonchev–Trinajstić information content (AvgIpc) is 2.74. The van der Waals surface area contributed by atoms with Gasteiger partial charge in [-0.05, 0) is 31.9 Å². The van der Waals surface area contributed by atoms with Crippen LogP contribution in [-0.4, -0.2) is 62.4 Å². The zero-order chi connectivity index (χ0) is 16.5. The molecule has 2 N–H and O–H groups in total. The van der Waals surface area contributed by atoms with Gasteiger partial charge in [-0.15, -0.1) is 0 Å². The minimum absolute atomic E-state index is 0.264. The van der Waals surface area contributed by atoms with Gasteiger partial charge in [0.2, 0.25) is 5.95 Å². The molecule has 2 aliphatic rings. The van der Waals surface area contributed by atoms with Crippen molar-refractivity contribution in [2.75, 3.05) is 37.6 Å². The fourth-order valence-corrected chi connectivity index (χ4v) is 3.58. The number of hydrogen-bond acceptors (Lipinski definition) is 6. The molecular formula is C17H23N5O2. The Morgan fingerprint density at radius 3 is 2.08 bits per heavy atom. The Hall–Kier alpha value is -2.28. The van der Waals surface area contributed by atoms with Crippen molar-refractivity contribution >= 4 is 5.95 Å². The van der Waals surface area contributed by atoms with Crippen molar-refractivity contribution in [3.05, 3.63) is 29.6 Å². The Bertz CT molecular complexity index is 680. The van der Waals surface area contributed by atoms with Gasteiger partial charge in [-0.25, -0.2) is 9.97 Å². The molecule has 0 radical (unpaired) electrons. The number of hydrogen-bond donors (Lipinski definition) is 2. The quantitative estimate of drug-likeness (QED) is 0.852. The molecule has 128 valence electrons. The number of anilines is 1. The third-order valence-corrected chi connectivity index (χ3v) is 5.10. The molecule has 7 heteroatoms. The summed E-state index contributed by atoms with van der Waals surface area (Å²) in [6.07, 6.45) is 6.23. The lowest BCUT2D eigenvalue weighted by atomic mass is 9.93. The summed E-state index contributed by atoms with van der Waals surface area (Å²) in [5, 5.41) is 20.2. The van der Waals surface area contributed by atoms with Gasteiger partial charge >= 0.3 is 0 Å². The summed E-state index contributed by atoms with van der Waals surface area (Å²) in [7, 11) is 0. The lowest BCUT2D eigenvalue weighted by Crippen LogP contribution is -2.47. The summed E-state index contributed by atoms with van der Waals surface area (Å²) < 4.78 is 1.66. The molecule has 0 aromatic carbocycles. The largest absolute Gasteiger partial charge is 0.494 e. The molecule has 24 heavy (non-hydrogen) atoms. The highest BCUT2D eigenvalue weighted by molar-refractivity contribution is 5.51. The van der Waals surface area contributed by atoms with E-state index in [2.05, 4.69) is 19.8 Å². The van der Waals surface area contributed by atoms with Crippen LogP contribution in [0.25, 0.3) is 0 Å². The van der Waals surface area contributed by atoms with E-state index in [-0.39, 0.29) is 11.8 Å². The topological polar surface area (TPSA) is 77.7 Å². The van der Waals surface area contributed by atoms with Gasteiger partial charge in [0.1, 0.15) is 0 Å².